The van der Waals surface area contributed by atoms with Crippen molar-refractivity contribution in [1.82, 2.24) is 15.0 Å². The third-order valence-electron chi connectivity index (χ3n) is 4.17. The topological polar surface area (TPSA) is 38.7 Å². The van der Waals surface area contributed by atoms with Crippen LogP contribution >= 0.6 is 11.6 Å². The van der Waals surface area contributed by atoms with E-state index in [1.807, 2.05) is 42.5 Å². The first kappa shape index (κ1) is 15.7. The molecule has 2 aromatic carbocycles. The number of nitrogens with zero attached hydrogens (tertiary/aromatic N) is 3. The summed E-state index contributed by atoms with van der Waals surface area (Å²) in [5.41, 5.74) is 3.21. The predicted molar refractivity (Wildman–Crippen MR) is 101 cm³/mol. The van der Waals surface area contributed by atoms with Crippen molar-refractivity contribution >= 4 is 11.6 Å². The average molecular weight is 346 g/mol. The molecule has 1 aliphatic carbocycles. The van der Waals surface area contributed by atoms with Gasteiger partial charge in [0.05, 0.1) is 0 Å². The summed E-state index contributed by atoms with van der Waals surface area (Å²) in [4.78, 5) is 13.3. The molecule has 0 amide bonds. The highest BCUT2D eigenvalue weighted by molar-refractivity contribution is 6.28. The van der Waals surface area contributed by atoms with Gasteiger partial charge in [-0.25, -0.2) is 9.97 Å². The Morgan fingerprint density at radius 2 is 1.60 bits per heavy atom. The molecule has 3 aromatic rings. The Morgan fingerprint density at radius 1 is 0.800 bits per heavy atom. The fourth-order valence-electron chi connectivity index (χ4n) is 2.90. The summed E-state index contributed by atoms with van der Waals surface area (Å²) in [5, 5.41) is 0.230. The highest BCUT2D eigenvalue weighted by Gasteiger charge is 2.15. The van der Waals surface area contributed by atoms with Crippen LogP contribution in [0.25, 0.3) is 22.5 Å². The molecular weight excluding hydrogens is 330 g/mol. The minimum absolute atomic E-state index is 0.140. The average Bonchev–Trinajstić information content (AvgIpc) is 2.69. The molecule has 1 aliphatic rings. The van der Waals surface area contributed by atoms with Crippen LogP contribution in [0, 0.1) is 0 Å². The zero-order chi connectivity index (χ0) is 17.1. The first-order valence-electron chi connectivity index (χ1n) is 8.20. The summed E-state index contributed by atoms with van der Waals surface area (Å²) >= 11 is 6.17. The van der Waals surface area contributed by atoms with Crippen molar-refractivity contribution in [3.8, 4) is 22.5 Å². The van der Waals surface area contributed by atoms with E-state index in [0.29, 0.717) is 11.6 Å². The van der Waals surface area contributed by atoms with Gasteiger partial charge in [0.2, 0.25) is 5.28 Å². The van der Waals surface area contributed by atoms with Gasteiger partial charge in [-0.3, -0.25) is 0 Å². The summed E-state index contributed by atoms with van der Waals surface area (Å²) in [6.45, 7) is 0. The molecule has 1 unspecified atom stereocenters. The molecule has 4 heteroatoms. The Kier molecular flexibility index (Phi) is 4.40. The molecule has 0 bridgehead atoms. The van der Waals surface area contributed by atoms with Gasteiger partial charge in [-0.1, -0.05) is 72.8 Å². The lowest BCUT2D eigenvalue weighted by molar-refractivity contribution is 0.761. The number of benzene rings is 2. The van der Waals surface area contributed by atoms with Crippen molar-refractivity contribution in [3.63, 3.8) is 0 Å². The van der Waals surface area contributed by atoms with Gasteiger partial charge in [0.25, 0.3) is 0 Å². The van der Waals surface area contributed by atoms with Crippen LogP contribution in [0.2, 0.25) is 5.28 Å². The van der Waals surface area contributed by atoms with Crippen LogP contribution in [0.4, 0.5) is 0 Å². The van der Waals surface area contributed by atoms with Crippen molar-refractivity contribution in [2.75, 3.05) is 0 Å². The predicted octanol–water partition coefficient (Wildman–Crippen LogP) is 5.46. The Bertz CT molecular complexity index is 948. The highest BCUT2D eigenvalue weighted by atomic mass is 35.5. The molecule has 4 rings (SSSR count). The molecule has 1 atom stereocenters. The largest absolute Gasteiger partial charge is 0.226 e. The lowest BCUT2D eigenvalue weighted by Gasteiger charge is -2.13. The molecule has 0 radical (unpaired) electrons. The molecule has 1 aromatic heterocycles. The molecule has 25 heavy (non-hydrogen) atoms. The van der Waals surface area contributed by atoms with Crippen LogP contribution in [0.1, 0.15) is 18.2 Å². The second-order valence-electron chi connectivity index (χ2n) is 5.89. The molecule has 0 saturated carbocycles. The van der Waals surface area contributed by atoms with E-state index in [-0.39, 0.29) is 11.2 Å². The van der Waals surface area contributed by atoms with Crippen LogP contribution < -0.4 is 0 Å². The quantitative estimate of drug-likeness (QED) is 0.632. The van der Waals surface area contributed by atoms with Crippen molar-refractivity contribution < 1.29 is 0 Å². The van der Waals surface area contributed by atoms with E-state index >= 15 is 0 Å². The van der Waals surface area contributed by atoms with Gasteiger partial charge in [-0.15, -0.1) is 0 Å². The lowest BCUT2D eigenvalue weighted by atomic mass is 10.00. The van der Waals surface area contributed by atoms with Crippen molar-refractivity contribution in [2.45, 2.75) is 12.3 Å². The summed E-state index contributed by atoms with van der Waals surface area (Å²) in [6.07, 6.45) is 9.12. The maximum Gasteiger partial charge on any atom is 0.226 e. The van der Waals surface area contributed by atoms with E-state index in [9.17, 15) is 0 Å². The van der Waals surface area contributed by atoms with Crippen LogP contribution in [-0.4, -0.2) is 15.0 Å². The minimum atomic E-state index is 0.140. The Balaban J connectivity index is 1.74. The van der Waals surface area contributed by atoms with Gasteiger partial charge in [0.15, 0.2) is 5.82 Å². The molecule has 122 valence electrons. The Labute approximate surface area is 151 Å². The Morgan fingerprint density at radius 3 is 2.40 bits per heavy atom. The normalized spacial score (nSPS) is 16.1. The molecule has 0 saturated heterocycles. The smallest absolute Gasteiger partial charge is 0.212 e. The molecule has 0 spiro atoms. The summed E-state index contributed by atoms with van der Waals surface area (Å²) in [5.74, 6) is 1.46. The summed E-state index contributed by atoms with van der Waals surface area (Å²) in [7, 11) is 0. The minimum Gasteiger partial charge on any atom is -0.212 e. The highest BCUT2D eigenvalue weighted by Crippen LogP contribution is 2.27. The standard InChI is InChI=1S/C21H16ClN3/c22-21-24-19(16-10-5-2-6-11-16)23-20(25-21)18-13-7-12-17(14-18)15-8-3-1-4-9-15/h1-10,12-14,16H,11H2. The number of halogens is 1. The van der Waals surface area contributed by atoms with E-state index in [4.69, 9.17) is 11.6 Å². The SMILES string of the molecule is Clc1nc(-c2cccc(-c3ccccc3)c2)nc(C2C=CC=CC2)n1. The number of aromatic nitrogens is 3. The molecule has 3 nitrogen and oxygen atoms in total. The third kappa shape index (κ3) is 3.52. The van der Waals surface area contributed by atoms with Gasteiger partial charge in [0, 0.05) is 11.5 Å². The maximum atomic E-state index is 6.17. The molecule has 0 fully saturated rings. The van der Waals surface area contributed by atoms with E-state index in [1.165, 1.54) is 0 Å². The Hall–Kier alpha value is -2.78. The zero-order valence-electron chi connectivity index (χ0n) is 13.5. The van der Waals surface area contributed by atoms with Gasteiger partial charge in [-0.05, 0) is 35.2 Å². The fourth-order valence-corrected chi connectivity index (χ4v) is 3.07. The van der Waals surface area contributed by atoms with Gasteiger partial charge >= 0.3 is 0 Å². The van der Waals surface area contributed by atoms with E-state index < -0.39 is 0 Å². The van der Waals surface area contributed by atoms with Crippen LogP contribution in [0.15, 0.2) is 78.9 Å². The molecular formula is C21H16ClN3. The first-order valence-corrected chi connectivity index (χ1v) is 8.58. The lowest BCUT2D eigenvalue weighted by Crippen LogP contribution is -2.06. The second kappa shape index (κ2) is 6.99. The van der Waals surface area contributed by atoms with E-state index in [2.05, 4.69) is 51.4 Å². The summed E-state index contributed by atoms with van der Waals surface area (Å²) in [6, 6.07) is 18.4. The van der Waals surface area contributed by atoms with E-state index in [1.54, 1.807) is 0 Å². The van der Waals surface area contributed by atoms with Gasteiger partial charge in [0.1, 0.15) is 5.82 Å². The first-order chi connectivity index (χ1) is 12.3. The number of hydrogen-bond acceptors (Lipinski definition) is 3. The van der Waals surface area contributed by atoms with Gasteiger partial charge in [-0.2, -0.15) is 4.98 Å². The monoisotopic (exact) mass is 345 g/mol. The molecule has 0 N–H and O–H groups in total. The maximum absolute atomic E-state index is 6.17. The molecule has 0 aliphatic heterocycles. The third-order valence-corrected chi connectivity index (χ3v) is 4.33. The number of rotatable bonds is 3. The van der Waals surface area contributed by atoms with Gasteiger partial charge < -0.3 is 0 Å². The van der Waals surface area contributed by atoms with Crippen molar-refractivity contribution in [2.24, 2.45) is 0 Å². The van der Waals surface area contributed by atoms with Crippen LogP contribution in [0.3, 0.4) is 0 Å². The van der Waals surface area contributed by atoms with Crippen LogP contribution in [0.5, 0.6) is 0 Å². The second-order valence-corrected chi connectivity index (χ2v) is 6.23. The number of allylic oxidation sites excluding steroid dienone is 4. The summed E-state index contributed by atoms with van der Waals surface area (Å²) < 4.78 is 0. The van der Waals surface area contributed by atoms with E-state index in [0.717, 1.165) is 23.1 Å². The zero-order valence-corrected chi connectivity index (χ0v) is 14.3. The van der Waals surface area contributed by atoms with Crippen LogP contribution in [-0.2, 0) is 0 Å². The van der Waals surface area contributed by atoms with Crippen molar-refractivity contribution in [1.29, 1.82) is 0 Å². The molecule has 1 heterocycles. The fraction of sp³-hybridized carbons (Fsp3) is 0.0952. The van der Waals surface area contributed by atoms with Crippen molar-refractivity contribution in [3.05, 3.63) is 90.0 Å². The number of hydrogen-bond donors (Lipinski definition) is 0.